The summed E-state index contributed by atoms with van der Waals surface area (Å²) in [7, 11) is 0. The summed E-state index contributed by atoms with van der Waals surface area (Å²) >= 11 is 0. The molecule has 0 bridgehead atoms. The van der Waals surface area contributed by atoms with Gasteiger partial charge in [-0.2, -0.15) is 0 Å². The Bertz CT molecular complexity index is 766. The zero-order valence-corrected chi connectivity index (χ0v) is 10.6. The number of hydrogen-bond donors (Lipinski definition) is 2. The van der Waals surface area contributed by atoms with Crippen molar-refractivity contribution < 1.29 is 0 Å². The van der Waals surface area contributed by atoms with Gasteiger partial charge in [0.2, 0.25) is 0 Å². The predicted octanol–water partition coefficient (Wildman–Crippen LogP) is 1.84. The average molecular weight is 253 g/mol. The third-order valence-corrected chi connectivity index (χ3v) is 3.86. The van der Waals surface area contributed by atoms with Crippen LogP contribution in [0.4, 0.5) is 0 Å². The summed E-state index contributed by atoms with van der Waals surface area (Å²) in [6, 6.07) is 2.04. The van der Waals surface area contributed by atoms with Crippen molar-refractivity contribution in [3.05, 3.63) is 42.6 Å². The first-order valence-corrected chi connectivity index (χ1v) is 6.52. The highest BCUT2D eigenvalue weighted by Crippen LogP contribution is 2.28. The highest BCUT2D eigenvalue weighted by Gasteiger charge is 2.23. The van der Waals surface area contributed by atoms with Gasteiger partial charge in [-0.05, 0) is 19.0 Å². The van der Waals surface area contributed by atoms with E-state index in [9.17, 15) is 0 Å². The normalized spacial score (nSPS) is 20.4. The lowest BCUT2D eigenvalue weighted by atomic mass is 9.93. The standard InChI is InChI=1S/C14H15N5/c1-9-2-4-15-8-11(9)14-18-7-10-6-17-13-12(19(10)14)3-5-16-13/h3,5-7,11,15-16H,1-2,4,8H2/t11-/m0/s1. The van der Waals surface area contributed by atoms with Gasteiger partial charge in [-0.3, -0.25) is 4.40 Å². The number of nitrogens with one attached hydrogen (secondary N) is 2. The molecule has 5 nitrogen and oxygen atoms in total. The van der Waals surface area contributed by atoms with Crippen molar-refractivity contribution in [2.75, 3.05) is 13.1 Å². The monoisotopic (exact) mass is 253 g/mol. The molecule has 5 heteroatoms. The van der Waals surface area contributed by atoms with Crippen molar-refractivity contribution in [1.82, 2.24) is 24.7 Å². The molecule has 0 radical (unpaired) electrons. The van der Waals surface area contributed by atoms with Crippen LogP contribution < -0.4 is 5.32 Å². The van der Waals surface area contributed by atoms with Gasteiger partial charge in [0.15, 0.2) is 5.65 Å². The van der Waals surface area contributed by atoms with Crippen LogP contribution in [0.1, 0.15) is 18.2 Å². The molecule has 1 aliphatic rings. The van der Waals surface area contributed by atoms with E-state index in [4.69, 9.17) is 0 Å². The van der Waals surface area contributed by atoms with Crippen LogP contribution in [0.5, 0.6) is 0 Å². The molecule has 4 heterocycles. The van der Waals surface area contributed by atoms with Gasteiger partial charge < -0.3 is 10.3 Å². The van der Waals surface area contributed by atoms with Crippen LogP contribution in [-0.4, -0.2) is 32.4 Å². The average Bonchev–Trinajstić information content (AvgIpc) is 3.04. The Hall–Kier alpha value is -2.14. The summed E-state index contributed by atoms with van der Waals surface area (Å²) in [5.74, 6) is 1.33. The van der Waals surface area contributed by atoms with Crippen LogP contribution in [0.2, 0.25) is 0 Å². The molecule has 0 spiro atoms. The summed E-state index contributed by atoms with van der Waals surface area (Å²) in [6.45, 7) is 6.13. The third kappa shape index (κ3) is 1.51. The highest BCUT2D eigenvalue weighted by molar-refractivity contribution is 5.75. The van der Waals surface area contributed by atoms with Gasteiger partial charge in [0.1, 0.15) is 5.82 Å². The van der Waals surface area contributed by atoms with Crippen LogP contribution in [0.15, 0.2) is 36.8 Å². The summed E-state index contributed by atoms with van der Waals surface area (Å²) in [5, 5.41) is 3.42. The van der Waals surface area contributed by atoms with Crippen LogP contribution in [0, 0.1) is 0 Å². The van der Waals surface area contributed by atoms with Gasteiger partial charge in [0.05, 0.1) is 29.3 Å². The first kappa shape index (κ1) is 10.8. The van der Waals surface area contributed by atoms with E-state index in [2.05, 4.69) is 31.2 Å². The lowest BCUT2D eigenvalue weighted by Gasteiger charge is -2.24. The second-order valence-electron chi connectivity index (χ2n) is 5.01. The molecule has 1 saturated heterocycles. The fourth-order valence-corrected chi connectivity index (χ4v) is 2.83. The molecule has 1 fully saturated rings. The first-order chi connectivity index (χ1) is 9.34. The molecule has 0 unspecified atom stereocenters. The van der Waals surface area contributed by atoms with Crippen molar-refractivity contribution >= 4 is 16.7 Å². The van der Waals surface area contributed by atoms with Gasteiger partial charge in [-0.15, -0.1) is 0 Å². The number of piperidine rings is 1. The molecule has 2 N–H and O–H groups in total. The minimum atomic E-state index is 0.275. The van der Waals surface area contributed by atoms with Crippen molar-refractivity contribution in [2.24, 2.45) is 0 Å². The molecule has 4 rings (SSSR count). The summed E-state index contributed by atoms with van der Waals surface area (Å²) in [6.07, 6.45) is 6.67. The van der Waals surface area contributed by atoms with Gasteiger partial charge in [-0.1, -0.05) is 12.2 Å². The van der Waals surface area contributed by atoms with Gasteiger partial charge in [0.25, 0.3) is 0 Å². The summed E-state index contributed by atoms with van der Waals surface area (Å²) < 4.78 is 2.18. The molecular formula is C14H15N5. The minimum absolute atomic E-state index is 0.275. The van der Waals surface area contributed by atoms with Crippen molar-refractivity contribution in [3.8, 4) is 0 Å². The maximum absolute atomic E-state index is 4.61. The second kappa shape index (κ2) is 3.93. The van der Waals surface area contributed by atoms with E-state index in [0.717, 1.165) is 42.0 Å². The van der Waals surface area contributed by atoms with E-state index in [0.29, 0.717) is 0 Å². The van der Waals surface area contributed by atoms with Crippen molar-refractivity contribution in [3.63, 3.8) is 0 Å². The zero-order valence-electron chi connectivity index (χ0n) is 10.6. The van der Waals surface area contributed by atoms with Crippen molar-refractivity contribution in [2.45, 2.75) is 12.3 Å². The first-order valence-electron chi connectivity index (χ1n) is 6.52. The van der Waals surface area contributed by atoms with Crippen LogP contribution >= 0.6 is 0 Å². The Morgan fingerprint density at radius 2 is 2.21 bits per heavy atom. The number of aromatic amines is 1. The maximum atomic E-state index is 4.61. The Morgan fingerprint density at radius 3 is 3.11 bits per heavy atom. The number of fused-ring (bicyclic) bond motifs is 3. The Balaban J connectivity index is 1.98. The SMILES string of the molecule is C=C1CCNC[C@@H]1c1ncc2cnc3[nH]ccc3n12. The molecule has 0 aliphatic carbocycles. The van der Waals surface area contributed by atoms with Crippen LogP contribution in [-0.2, 0) is 0 Å². The van der Waals surface area contributed by atoms with Crippen LogP contribution in [0.3, 0.4) is 0 Å². The van der Waals surface area contributed by atoms with E-state index in [1.54, 1.807) is 0 Å². The van der Waals surface area contributed by atoms with Gasteiger partial charge in [0, 0.05) is 12.7 Å². The summed E-state index contributed by atoms with van der Waals surface area (Å²) in [4.78, 5) is 12.1. The summed E-state index contributed by atoms with van der Waals surface area (Å²) in [5.41, 5.74) is 4.25. The molecule has 1 aliphatic heterocycles. The molecule has 3 aromatic rings. The second-order valence-corrected chi connectivity index (χ2v) is 5.01. The minimum Gasteiger partial charge on any atom is -0.345 e. The fraction of sp³-hybridized carbons (Fsp3) is 0.286. The number of nitrogens with zero attached hydrogens (tertiary/aromatic N) is 3. The van der Waals surface area contributed by atoms with Gasteiger partial charge in [-0.25, -0.2) is 9.97 Å². The largest absolute Gasteiger partial charge is 0.345 e. The molecule has 0 amide bonds. The number of rotatable bonds is 1. The van der Waals surface area contributed by atoms with E-state index in [-0.39, 0.29) is 5.92 Å². The van der Waals surface area contributed by atoms with E-state index < -0.39 is 0 Å². The van der Waals surface area contributed by atoms with Crippen molar-refractivity contribution in [1.29, 1.82) is 0 Å². The number of aromatic nitrogens is 4. The van der Waals surface area contributed by atoms with Gasteiger partial charge >= 0.3 is 0 Å². The van der Waals surface area contributed by atoms with E-state index >= 15 is 0 Å². The zero-order chi connectivity index (χ0) is 12.8. The number of hydrogen-bond acceptors (Lipinski definition) is 3. The number of H-pyrrole nitrogens is 1. The molecule has 1 atom stereocenters. The highest BCUT2D eigenvalue weighted by atomic mass is 15.1. The molecule has 96 valence electrons. The topological polar surface area (TPSA) is 58.0 Å². The molecule has 19 heavy (non-hydrogen) atoms. The Morgan fingerprint density at radius 1 is 1.32 bits per heavy atom. The maximum Gasteiger partial charge on any atom is 0.154 e. The molecular weight excluding hydrogens is 238 g/mol. The Labute approximate surface area is 110 Å². The fourth-order valence-electron chi connectivity index (χ4n) is 2.83. The predicted molar refractivity (Wildman–Crippen MR) is 74.2 cm³/mol. The molecule has 0 saturated carbocycles. The smallest absolute Gasteiger partial charge is 0.154 e. The molecule has 3 aromatic heterocycles. The lowest BCUT2D eigenvalue weighted by Crippen LogP contribution is -2.31. The van der Waals surface area contributed by atoms with E-state index in [1.807, 2.05) is 24.7 Å². The lowest BCUT2D eigenvalue weighted by molar-refractivity contribution is 0.540. The Kier molecular flexibility index (Phi) is 2.22. The van der Waals surface area contributed by atoms with Crippen LogP contribution in [0.25, 0.3) is 16.7 Å². The third-order valence-electron chi connectivity index (χ3n) is 3.86. The quantitative estimate of drug-likeness (QED) is 0.651. The number of imidazole rings is 1. The molecule has 0 aromatic carbocycles. The van der Waals surface area contributed by atoms with E-state index in [1.165, 1.54) is 5.57 Å².